The standard InChI is InChI=1S/C24H16O4.C10H8N2/c25-17-9-1-5-13-14-6-2-10-18(26)22(14)24-16(8-4-12-20(24)28)15-7-3-11-19(27)23(15)21(13)17;1-5-11-6-2-9(1)10-3-7-12-8-4-10/h1-12,25-28H;1-8H. The number of benzene rings is 4. The first kappa shape index (κ1) is 24.7. The molecule has 6 heteroatoms. The summed E-state index contributed by atoms with van der Waals surface area (Å²) in [5.41, 5.74) is 6.90. The van der Waals surface area contributed by atoms with Crippen LogP contribution in [0.5, 0.6) is 23.0 Å². The summed E-state index contributed by atoms with van der Waals surface area (Å²) in [6, 6.07) is 28.4. The number of phenolic OH excluding ortho intramolecular Hbond substituents is 4. The third-order valence-electron chi connectivity index (χ3n) is 6.94. The number of pyridine rings is 2. The van der Waals surface area contributed by atoms with Gasteiger partial charge in [-0.2, -0.15) is 0 Å². The Hall–Kier alpha value is -5.62. The summed E-state index contributed by atoms with van der Waals surface area (Å²) in [4.78, 5) is 7.91. The highest BCUT2D eigenvalue weighted by atomic mass is 16.3. The third-order valence-corrected chi connectivity index (χ3v) is 6.94. The molecule has 1 aliphatic carbocycles. The van der Waals surface area contributed by atoms with Gasteiger partial charge in [0.25, 0.3) is 0 Å². The average Bonchev–Trinajstić information content (AvgIpc) is 2.98. The SMILES string of the molecule is Oc1cccc2c1-c1c(O)cccc1-c1cccc(O)c1-c1c(O)cccc1-2.c1cc(-c2ccncc2)ccn1. The fourth-order valence-electron chi connectivity index (χ4n) is 5.20. The van der Waals surface area contributed by atoms with E-state index in [0.717, 1.165) is 0 Å². The lowest BCUT2D eigenvalue weighted by atomic mass is 9.79. The highest BCUT2D eigenvalue weighted by Crippen LogP contribution is 2.55. The van der Waals surface area contributed by atoms with Gasteiger partial charge < -0.3 is 20.4 Å². The molecule has 0 amide bonds. The van der Waals surface area contributed by atoms with Crippen LogP contribution in [0.25, 0.3) is 55.6 Å². The minimum Gasteiger partial charge on any atom is -0.507 e. The molecule has 7 rings (SSSR count). The molecule has 0 fully saturated rings. The summed E-state index contributed by atoms with van der Waals surface area (Å²) in [6.45, 7) is 0. The van der Waals surface area contributed by atoms with Gasteiger partial charge in [0, 0.05) is 47.0 Å². The molecular weight excluding hydrogens is 500 g/mol. The Kier molecular flexibility index (Phi) is 6.34. The van der Waals surface area contributed by atoms with Crippen LogP contribution in [0.4, 0.5) is 0 Å². The van der Waals surface area contributed by atoms with E-state index in [9.17, 15) is 20.4 Å². The number of fused-ring (bicyclic) bond motifs is 8. The van der Waals surface area contributed by atoms with Crippen molar-refractivity contribution in [1.29, 1.82) is 0 Å². The number of hydrogen-bond acceptors (Lipinski definition) is 6. The smallest absolute Gasteiger partial charge is 0.124 e. The zero-order valence-electron chi connectivity index (χ0n) is 21.2. The van der Waals surface area contributed by atoms with Crippen molar-refractivity contribution in [2.45, 2.75) is 0 Å². The number of aromatic hydroxyl groups is 4. The van der Waals surface area contributed by atoms with Crippen LogP contribution in [0, 0.1) is 0 Å². The number of nitrogens with zero attached hydrogens (tertiary/aromatic N) is 2. The maximum Gasteiger partial charge on any atom is 0.124 e. The first-order valence-corrected chi connectivity index (χ1v) is 12.6. The minimum atomic E-state index is 0.0261. The molecule has 2 heterocycles. The monoisotopic (exact) mass is 524 g/mol. The van der Waals surface area contributed by atoms with Crippen LogP contribution < -0.4 is 0 Å². The van der Waals surface area contributed by atoms with Crippen molar-refractivity contribution in [3.8, 4) is 78.6 Å². The zero-order valence-corrected chi connectivity index (χ0v) is 21.2. The van der Waals surface area contributed by atoms with Gasteiger partial charge in [0.2, 0.25) is 0 Å². The molecule has 40 heavy (non-hydrogen) atoms. The topological polar surface area (TPSA) is 107 Å². The van der Waals surface area contributed by atoms with E-state index in [0.29, 0.717) is 44.5 Å². The van der Waals surface area contributed by atoms with Crippen molar-refractivity contribution < 1.29 is 20.4 Å². The molecule has 6 aromatic rings. The first-order valence-electron chi connectivity index (χ1n) is 12.6. The Labute approximate surface area is 230 Å². The molecule has 0 radical (unpaired) electrons. The molecule has 4 N–H and O–H groups in total. The van der Waals surface area contributed by atoms with Crippen LogP contribution in [0.3, 0.4) is 0 Å². The molecule has 0 unspecified atom stereocenters. The quantitative estimate of drug-likeness (QED) is 0.176. The van der Waals surface area contributed by atoms with Gasteiger partial charge in [0.15, 0.2) is 0 Å². The third kappa shape index (κ3) is 4.27. The summed E-state index contributed by atoms with van der Waals surface area (Å²) < 4.78 is 0. The lowest BCUT2D eigenvalue weighted by molar-refractivity contribution is 0.468. The van der Waals surface area contributed by atoms with E-state index in [4.69, 9.17) is 0 Å². The molecule has 194 valence electrons. The fraction of sp³-hybridized carbons (Fsp3) is 0. The van der Waals surface area contributed by atoms with Gasteiger partial charge in [0.05, 0.1) is 0 Å². The maximum atomic E-state index is 10.7. The van der Waals surface area contributed by atoms with Gasteiger partial charge in [0.1, 0.15) is 23.0 Å². The van der Waals surface area contributed by atoms with Crippen LogP contribution in [0.15, 0.2) is 122 Å². The van der Waals surface area contributed by atoms with Crippen LogP contribution in [-0.2, 0) is 0 Å². The summed E-state index contributed by atoms with van der Waals surface area (Å²) >= 11 is 0. The van der Waals surface area contributed by atoms with Gasteiger partial charge in [-0.05, 0) is 81.9 Å². The van der Waals surface area contributed by atoms with E-state index in [1.54, 1.807) is 73.3 Å². The Balaban J connectivity index is 0.000000201. The van der Waals surface area contributed by atoms with E-state index in [1.165, 1.54) is 11.1 Å². The van der Waals surface area contributed by atoms with Crippen molar-refractivity contribution in [2.24, 2.45) is 0 Å². The fourth-order valence-corrected chi connectivity index (χ4v) is 5.20. The zero-order chi connectivity index (χ0) is 27.6. The largest absolute Gasteiger partial charge is 0.507 e. The predicted octanol–water partition coefficient (Wildman–Crippen LogP) is 7.63. The second-order valence-corrected chi connectivity index (χ2v) is 9.27. The van der Waals surface area contributed by atoms with E-state index in [-0.39, 0.29) is 23.0 Å². The number of phenols is 4. The van der Waals surface area contributed by atoms with Crippen LogP contribution in [0.2, 0.25) is 0 Å². The second kappa shape index (κ2) is 10.3. The van der Waals surface area contributed by atoms with Crippen molar-refractivity contribution in [3.05, 3.63) is 122 Å². The normalized spacial score (nSPS) is 10.9. The van der Waals surface area contributed by atoms with Gasteiger partial charge in [-0.15, -0.1) is 0 Å². The molecular formula is C34H24N2O4. The molecule has 6 nitrogen and oxygen atoms in total. The van der Waals surface area contributed by atoms with E-state index in [2.05, 4.69) is 9.97 Å². The second-order valence-electron chi connectivity index (χ2n) is 9.27. The van der Waals surface area contributed by atoms with Crippen molar-refractivity contribution in [3.63, 3.8) is 0 Å². The minimum absolute atomic E-state index is 0.0261. The van der Waals surface area contributed by atoms with E-state index < -0.39 is 0 Å². The summed E-state index contributed by atoms with van der Waals surface area (Å²) in [7, 11) is 0. The summed E-state index contributed by atoms with van der Waals surface area (Å²) in [6.07, 6.45) is 7.15. The van der Waals surface area contributed by atoms with Crippen molar-refractivity contribution in [1.82, 2.24) is 9.97 Å². The van der Waals surface area contributed by atoms with E-state index in [1.807, 2.05) is 48.5 Å². The molecule has 0 atom stereocenters. The lowest BCUT2D eigenvalue weighted by Gasteiger charge is -2.25. The van der Waals surface area contributed by atoms with Gasteiger partial charge in [-0.3, -0.25) is 9.97 Å². The Morgan fingerprint density at radius 1 is 0.325 bits per heavy atom. The van der Waals surface area contributed by atoms with Gasteiger partial charge in [-0.25, -0.2) is 0 Å². The van der Waals surface area contributed by atoms with Crippen LogP contribution in [-0.4, -0.2) is 30.4 Å². The first-order chi connectivity index (χ1) is 19.5. The lowest BCUT2D eigenvalue weighted by Crippen LogP contribution is -1.98. The molecule has 0 spiro atoms. The highest BCUT2D eigenvalue weighted by Gasteiger charge is 2.28. The summed E-state index contributed by atoms with van der Waals surface area (Å²) in [5, 5.41) is 42.9. The molecule has 1 aliphatic rings. The highest BCUT2D eigenvalue weighted by molar-refractivity contribution is 6.08. The Bertz CT molecular complexity index is 1600. The van der Waals surface area contributed by atoms with Gasteiger partial charge in [-0.1, -0.05) is 48.5 Å². The Morgan fingerprint density at radius 2 is 0.575 bits per heavy atom. The van der Waals surface area contributed by atoms with Crippen molar-refractivity contribution in [2.75, 3.05) is 0 Å². The molecule has 2 aromatic heterocycles. The van der Waals surface area contributed by atoms with E-state index >= 15 is 0 Å². The summed E-state index contributed by atoms with van der Waals surface area (Å²) in [5.74, 6) is 0.104. The molecule has 0 bridgehead atoms. The maximum absolute atomic E-state index is 10.7. The van der Waals surface area contributed by atoms with Crippen LogP contribution >= 0.6 is 0 Å². The molecule has 4 aromatic carbocycles. The number of hydrogen-bond donors (Lipinski definition) is 4. The Morgan fingerprint density at radius 3 is 0.825 bits per heavy atom. The van der Waals surface area contributed by atoms with Crippen LogP contribution in [0.1, 0.15) is 0 Å². The molecule has 0 saturated carbocycles. The van der Waals surface area contributed by atoms with Gasteiger partial charge >= 0.3 is 0 Å². The molecule has 0 aliphatic heterocycles. The van der Waals surface area contributed by atoms with Crippen molar-refractivity contribution >= 4 is 0 Å². The average molecular weight is 525 g/mol. The number of rotatable bonds is 1. The molecule has 0 saturated heterocycles. The predicted molar refractivity (Wildman–Crippen MR) is 156 cm³/mol. The number of aromatic nitrogens is 2.